The number of aliphatic hydroxyl groups is 6. The summed E-state index contributed by atoms with van der Waals surface area (Å²) in [6.07, 6.45) is -7.92. The summed E-state index contributed by atoms with van der Waals surface area (Å²) in [4.78, 5) is 38.7. The quantitative estimate of drug-likeness (QED) is 0.101. The Hall–Kier alpha value is -2.19. The maximum absolute atomic E-state index is 10.2. The number of aliphatic hydroxyl groups excluding tert-OH is 6. The van der Waals surface area contributed by atoms with Crippen molar-refractivity contribution in [3.63, 3.8) is 0 Å². The number of hydrogen-bond donors (Lipinski definition) is 9. The summed E-state index contributed by atoms with van der Waals surface area (Å²) in [5.41, 5.74) is 6.66. The molecule has 10 N–H and O–H groups in total. The number of carbonyl (C=O) groups is 1. The second kappa shape index (κ2) is 12.9. The van der Waals surface area contributed by atoms with Gasteiger partial charge in [-0.25, -0.2) is 19.5 Å². The Balaban J connectivity index is 0.000000262. The molecule has 19 heteroatoms. The van der Waals surface area contributed by atoms with Crippen LogP contribution in [0.1, 0.15) is 6.23 Å². The van der Waals surface area contributed by atoms with E-state index in [2.05, 4.69) is 19.5 Å². The number of fused-ring (bicyclic) bond motifs is 1. The molecular weight excluding hydrogens is 513 g/mol. The van der Waals surface area contributed by atoms with Gasteiger partial charge in [-0.1, -0.05) is 0 Å². The summed E-state index contributed by atoms with van der Waals surface area (Å²) in [5.74, 6) is 0.264. The fourth-order valence-electron chi connectivity index (χ4n) is 3.19. The first-order valence-electron chi connectivity index (χ1n) is 10.1. The standard InChI is InChI=1S/C11H15N5O4.C6H13O9P/c1-19-8-7(18)5(2-17)20-11(8)16-4-15-6-9(12)13-3-14-10(6)16;7-1-3(8)5(10)6(11)4(9)2-15-16(12,13)14/h3-5,7-8,11,17-18H,2H2,1H3,(H2,12,13,14);1,3-6,8-11H,2H2,(H2,12,13,14)/t5-,7-,8-,11-;/m1./s1. The number of methoxy groups -OCH3 is 1. The van der Waals surface area contributed by atoms with E-state index >= 15 is 0 Å². The van der Waals surface area contributed by atoms with Crippen molar-refractivity contribution in [3.05, 3.63) is 12.7 Å². The molecule has 0 bridgehead atoms. The molecule has 1 aliphatic rings. The molecule has 0 spiro atoms. The molecule has 18 nitrogen and oxygen atoms in total. The Kier molecular flexibility index (Phi) is 10.7. The van der Waals surface area contributed by atoms with Crippen LogP contribution in [0.25, 0.3) is 11.2 Å². The first kappa shape index (κ1) is 30.0. The predicted octanol–water partition coefficient (Wildman–Crippen LogP) is -4.59. The molecule has 2 aromatic rings. The van der Waals surface area contributed by atoms with E-state index in [9.17, 15) is 19.6 Å². The fraction of sp³-hybridized carbons (Fsp3) is 0.647. The highest BCUT2D eigenvalue weighted by molar-refractivity contribution is 7.46. The summed E-state index contributed by atoms with van der Waals surface area (Å²) < 4.78 is 26.6. The first-order valence-corrected chi connectivity index (χ1v) is 11.7. The van der Waals surface area contributed by atoms with Gasteiger partial charge in [-0.05, 0) is 0 Å². The number of carbonyl (C=O) groups excluding carboxylic acids is 1. The number of anilines is 1. The topological polar surface area (TPSA) is 293 Å². The molecule has 1 aliphatic heterocycles. The number of phosphoric acid groups is 1. The van der Waals surface area contributed by atoms with Crippen LogP contribution in [0.5, 0.6) is 0 Å². The van der Waals surface area contributed by atoms with E-state index < -0.39 is 63.4 Å². The van der Waals surface area contributed by atoms with Crippen molar-refractivity contribution in [2.45, 2.75) is 49.0 Å². The van der Waals surface area contributed by atoms with E-state index in [1.807, 2.05) is 0 Å². The highest BCUT2D eigenvalue weighted by Crippen LogP contribution is 2.36. The van der Waals surface area contributed by atoms with Crippen molar-refractivity contribution in [2.75, 3.05) is 26.1 Å². The van der Waals surface area contributed by atoms with E-state index in [4.69, 9.17) is 45.4 Å². The zero-order valence-electron chi connectivity index (χ0n) is 18.7. The summed E-state index contributed by atoms with van der Waals surface area (Å²) in [6.45, 7) is -1.27. The smallest absolute Gasteiger partial charge is 0.394 e. The summed E-state index contributed by atoms with van der Waals surface area (Å²) in [6, 6.07) is 0. The lowest BCUT2D eigenvalue weighted by Crippen LogP contribution is -2.46. The number of nitrogens with zero attached hydrogens (tertiary/aromatic N) is 4. The third-order valence-electron chi connectivity index (χ3n) is 5.07. The van der Waals surface area contributed by atoms with E-state index in [1.54, 1.807) is 4.57 Å². The molecule has 3 heterocycles. The molecule has 0 aromatic carbocycles. The normalized spacial score (nSPS) is 25.6. The van der Waals surface area contributed by atoms with Crippen molar-refractivity contribution in [1.29, 1.82) is 0 Å². The minimum Gasteiger partial charge on any atom is -0.394 e. The molecular formula is C17H28N5O13P. The molecule has 0 saturated carbocycles. The third kappa shape index (κ3) is 7.19. The van der Waals surface area contributed by atoms with Gasteiger partial charge >= 0.3 is 7.82 Å². The van der Waals surface area contributed by atoms with Crippen LogP contribution < -0.4 is 5.73 Å². The Morgan fingerprint density at radius 2 is 1.89 bits per heavy atom. The molecule has 8 atom stereocenters. The highest BCUT2D eigenvalue weighted by Gasteiger charge is 2.45. The first-order chi connectivity index (χ1) is 16.9. The summed E-state index contributed by atoms with van der Waals surface area (Å²) in [7, 11) is -3.34. The van der Waals surface area contributed by atoms with E-state index in [0.29, 0.717) is 11.2 Å². The number of rotatable bonds is 10. The van der Waals surface area contributed by atoms with Gasteiger partial charge in [0.15, 0.2) is 24.0 Å². The Bertz CT molecular complexity index is 1040. The van der Waals surface area contributed by atoms with Gasteiger partial charge in [-0.2, -0.15) is 0 Å². The highest BCUT2D eigenvalue weighted by atomic mass is 31.2. The van der Waals surface area contributed by atoms with E-state index in [-0.39, 0.29) is 18.7 Å². The SMILES string of the molecule is CO[C@@H]1[C@H](O)[C@@H](CO)O[C@H]1n1cnc2c(N)ncnc21.O=CC(O)C(O)C(O)C(O)COP(=O)(O)O. The number of imidazole rings is 1. The lowest BCUT2D eigenvalue weighted by molar-refractivity contribution is -0.136. The average molecular weight is 541 g/mol. The summed E-state index contributed by atoms with van der Waals surface area (Å²) >= 11 is 0. The van der Waals surface area contributed by atoms with Crippen molar-refractivity contribution in [3.8, 4) is 0 Å². The number of nitrogen functional groups attached to an aromatic ring is 1. The second-order valence-corrected chi connectivity index (χ2v) is 8.72. The second-order valence-electron chi connectivity index (χ2n) is 7.48. The minimum absolute atomic E-state index is 0.0650. The molecule has 1 fully saturated rings. The van der Waals surface area contributed by atoms with E-state index in [0.717, 1.165) is 0 Å². The van der Waals surface area contributed by atoms with Crippen molar-refractivity contribution in [2.24, 2.45) is 0 Å². The Morgan fingerprint density at radius 1 is 1.22 bits per heavy atom. The largest absolute Gasteiger partial charge is 0.469 e. The van der Waals surface area contributed by atoms with Gasteiger partial charge in [-0.3, -0.25) is 9.09 Å². The van der Waals surface area contributed by atoms with Gasteiger partial charge in [0.1, 0.15) is 54.6 Å². The maximum atomic E-state index is 10.2. The van der Waals surface area contributed by atoms with Gasteiger partial charge in [0, 0.05) is 7.11 Å². The molecule has 0 radical (unpaired) electrons. The predicted molar refractivity (Wildman–Crippen MR) is 116 cm³/mol. The van der Waals surface area contributed by atoms with Crippen molar-refractivity contribution in [1.82, 2.24) is 19.5 Å². The van der Waals surface area contributed by atoms with Crippen LogP contribution in [0.15, 0.2) is 12.7 Å². The van der Waals surface area contributed by atoms with Gasteiger partial charge in [0.2, 0.25) is 0 Å². The Labute approximate surface area is 202 Å². The summed E-state index contributed by atoms with van der Waals surface area (Å²) in [5, 5.41) is 55.3. The van der Waals surface area contributed by atoms with Crippen LogP contribution >= 0.6 is 7.82 Å². The van der Waals surface area contributed by atoms with E-state index in [1.165, 1.54) is 19.8 Å². The van der Waals surface area contributed by atoms with Crippen LogP contribution in [-0.2, 0) is 23.4 Å². The fourth-order valence-corrected chi connectivity index (χ4v) is 3.53. The zero-order valence-corrected chi connectivity index (χ0v) is 19.6. The lowest BCUT2D eigenvalue weighted by atomic mass is 10.0. The number of hydrogen-bond acceptors (Lipinski definition) is 15. The minimum atomic E-state index is -4.80. The monoisotopic (exact) mass is 541 g/mol. The number of aldehydes is 1. The van der Waals surface area contributed by atoms with Crippen LogP contribution in [0.3, 0.4) is 0 Å². The number of nitrogens with two attached hydrogens (primary N) is 1. The van der Waals surface area contributed by atoms with Gasteiger partial charge in [0.25, 0.3) is 0 Å². The van der Waals surface area contributed by atoms with Crippen molar-refractivity contribution >= 4 is 31.1 Å². The molecule has 36 heavy (non-hydrogen) atoms. The van der Waals surface area contributed by atoms with Gasteiger partial charge < -0.3 is 60.4 Å². The average Bonchev–Trinajstić information content (AvgIpc) is 3.41. The molecule has 0 aliphatic carbocycles. The zero-order chi connectivity index (χ0) is 27.2. The Morgan fingerprint density at radius 3 is 2.44 bits per heavy atom. The van der Waals surface area contributed by atoms with Gasteiger partial charge in [-0.15, -0.1) is 0 Å². The lowest BCUT2D eigenvalue weighted by Gasteiger charge is -2.23. The van der Waals surface area contributed by atoms with Gasteiger partial charge in [0.05, 0.1) is 19.5 Å². The number of aromatic nitrogens is 4. The van der Waals surface area contributed by atoms with Crippen LogP contribution in [-0.4, -0.2) is 129 Å². The molecule has 204 valence electrons. The molecule has 2 aromatic heterocycles. The molecule has 3 rings (SSSR count). The number of phosphoric ester groups is 1. The van der Waals surface area contributed by atoms with Crippen LogP contribution in [0.2, 0.25) is 0 Å². The maximum Gasteiger partial charge on any atom is 0.469 e. The molecule has 1 saturated heterocycles. The number of ether oxygens (including phenoxy) is 2. The molecule has 0 amide bonds. The third-order valence-corrected chi connectivity index (χ3v) is 5.56. The van der Waals surface area contributed by atoms with Crippen molar-refractivity contribution < 1.29 is 63.8 Å². The van der Waals surface area contributed by atoms with Crippen LogP contribution in [0.4, 0.5) is 5.82 Å². The van der Waals surface area contributed by atoms with Crippen LogP contribution in [0, 0.1) is 0 Å². The molecule has 4 unspecified atom stereocenters.